The van der Waals surface area contributed by atoms with E-state index in [4.69, 9.17) is 0 Å². The zero-order valence-electron chi connectivity index (χ0n) is 11.2. The number of carbonyl (C=O) groups is 1. The van der Waals surface area contributed by atoms with Gasteiger partial charge < -0.3 is 10.6 Å². The summed E-state index contributed by atoms with van der Waals surface area (Å²) in [6, 6.07) is 1.10. The smallest absolute Gasteiger partial charge is 0.226 e. The van der Waals surface area contributed by atoms with E-state index in [9.17, 15) is 18.0 Å². The van der Waals surface area contributed by atoms with E-state index in [1.807, 2.05) is 6.92 Å². The Kier molecular flexibility index (Phi) is 4.65. The largest absolute Gasteiger partial charge is 0.323 e. The minimum Gasteiger partial charge on any atom is -0.323 e. The maximum Gasteiger partial charge on any atom is 0.226 e. The number of anilines is 1. The number of rotatable bonds is 3. The van der Waals surface area contributed by atoms with Gasteiger partial charge >= 0.3 is 0 Å². The molecule has 1 aliphatic heterocycles. The van der Waals surface area contributed by atoms with Crippen molar-refractivity contribution in [2.24, 2.45) is 5.92 Å². The van der Waals surface area contributed by atoms with Crippen molar-refractivity contribution >= 4 is 11.6 Å². The number of benzene rings is 1. The SMILES string of the molecule is CC1CCCNC1CC(=O)Nc1cc(F)c(F)cc1F. The Morgan fingerprint density at radius 3 is 2.70 bits per heavy atom. The fourth-order valence-electron chi connectivity index (χ4n) is 2.41. The lowest BCUT2D eigenvalue weighted by atomic mass is 9.90. The van der Waals surface area contributed by atoms with Crippen LogP contribution in [0.15, 0.2) is 12.1 Å². The maximum absolute atomic E-state index is 13.4. The Hall–Kier alpha value is -1.56. The number of halogens is 3. The van der Waals surface area contributed by atoms with E-state index in [1.54, 1.807) is 0 Å². The van der Waals surface area contributed by atoms with E-state index in [-0.39, 0.29) is 18.2 Å². The van der Waals surface area contributed by atoms with Crippen LogP contribution in [0.4, 0.5) is 18.9 Å². The first kappa shape index (κ1) is 14.8. The first-order chi connectivity index (χ1) is 9.47. The minimum atomic E-state index is -1.27. The Morgan fingerprint density at radius 1 is 1.30 bits per heavy atom. The Balaban J connectivity index is 1.99. The van der Waals surface area contributed by atoms with Gasteiger partial charge in [0.15, 0.2) is 11.6 Å². The second-order valence-electron chi connectivity index (χ2n) is 5.18. The Bertz CT molecular complexity index is 507. The van der Waals surface area contributed by atoms with E-state index in [0.717, 1.165) is 19.4 Å². The van der Waals surface area contributed by atoms with Crippen LogP contribution in [0.25, 0.3) is 0 Å². The highest BCUT2D eigenvalue weighted by molar-refractivity contribution is 5.91. The normalized spacial score (nSPS) is 22.6. The first-order valence-electron chi connectivity index (χ1n) is 6.65. The third kappa shape index (κ3) is 3.50. The van der Waals surface area contributed by atoms with Gasteiger partial charge in [-0.15, -0.1) is 0 Å². The molecule has 6 heteroatoms. The number of hydrogen-bond acceptors (Lipinski definition) is 2. The highest BCUT2D eigenvalue weighted by Crippen LogP contribution is 2.21. The molecular weight excluding hydrogens is 269 g/mol. The summed E-state index contributed by atoms with van der Waals surface area (Å²) in [4.78, 5) is 11.8. The van der Waals surface area contributed by atoms with E-state index in [2.05, 4.69) is 10.6 Å². The summed E-state index contributed by atoms with van der Waals surface area (Å²) in [5, 5.41) is 5.52. The van der Waals surface area contributed by atoms with Gasteiger partial charge in [0.25, 0.3) is 0 Å². The van der Waals surface area contributed by atoms with Crippen LogP contribution in [0.3, 0.4) is 0 Å². The second kappa shape index (κ2) is 6.26. The van der Waals surface area contributed by atoms with Gasteiger partial charge in [0, 0.05) is 24.6 Å². The van der Waals surface area contributed by atoms with Crippen molar-refractivity contribution in [1.82, 2.24) is 5.32 Å². The lowest BCUT2D eigenvalue weighted by Gasteiger charge is -2.29. The van der Waals surface area contributed by atoms with Crippen molar-refractivity contribution in [3.05, 3.63) is 29.6 Å². The van der Waals surface area contributed by atoms with Gasteiger partial charge in [0.2, 0.25) is 5.91 Å². The second-order valence-corrected chi connectivity index (χ2v) is 5.18. The number of nitrogens with one attached hydrogen (secondary N) is 2. The highest BCUT2D eigenvalue weighted by atomic mass is 19.2. The molecule has 2 atom stereocenters. The zero-order chi connectivity index (χ0) is 14.7. The van der Waals surface area contributed by atoms with Crippen molar-refractivity contribution in [2.75, 3.05) is 11.9 Å². The summed E-state index contributed by atoms with van der Waals surface area (Å²) < 4.78 is 39.2. The van der Waals surface area contributed by atoms with Gasteiger partial charge in [-0.1, -0.05) is 6.92 Å². The predicted molar refractivity (Wildman–Crippen MR) is 69.8 cm³/mol. The molecule has 1 amide bonds. The zero-order valence-corrected chi connectivity index (χ0v) is 11.2. The number of amides is 1. The summed E-state index contributed by atoms with van der Waals surface area (Å²) in [7, 11) is 0. The fourth-order valence-corrected chi connectivity index (χ4v) is 2.41. The van der Waals surface area contributed by atoms with Gasteiger partial charge in [-0.3, -0.25) is 4.79 Å². The van der Waals surface area contributed by atoms with Crippen molar-refractivity contribution < 1.29 is 18.0 Å². The molecule has 0 aromatic heterocycles. The van der Waals surface area contributed by atoms with Crippen LogP contribution in [0.5, 0.6) is 0 Å². The van der Waals surface area contributed by atoms with Crippen LogP contribution in [-0.4, -0.2) is 18.5 Å². The molecule has 0 bridgehead atoms. The van der Waals surface area contributed by atoms with Gasteiger partial charge in [0.1, 0.15) is 5.82 Å². The predicted octanol–water partition coefficient (Wildman–Crippen LogP) is 2.82. The lowest BCUT2D eigenvalue weighted by molar-refractivity contribution is -0.117. The molecule has 1 fully saturated rings. The molecule has 20 heavy (non-hydrogen) atoms. The van der Waals surface area contributed by atoms with E-state index < -0.39 is 23.4 Å². The van der Waals surface area contributed by atoms with Crippen molar-refractivity contribution in [3.8, 4) is 0 Å². The summed E-state index contributed by atoms with van der Waals surface area (Å²) in [6.45, 7) is 2.89. The first-order valence-corrected chi connectivity index (χ1v) is 6.65. The van der Waals surface area contributed by atoms with E-state index >= 15 is 0 Å². The van der Waals surface area contributed by atoms with Crippen LogP contribution in [-0.2, 0) is 4.79 Å². The van der Waals surface area contributed by atoms with Crippen LogP contribution in [0.1, 0.15) is 26.2 Å². The van der Waals surface area contributed by atoms with Crippen LogP contribution in [0, 0.1) is 23.4 Å². The lowest BCUT2D eigenvalue weighted by Crippen LogP contribution is -2.42. The maximum atomic E-state index is 13.4. The van der Waals surface area contributed by atoms with E-state index in [0.29, 0.717) is 18.1 Å². The molecule has 0 aliphatic carbocycles. The number of piperidine rings is 1. The van der Waals surface area contributed by atoms with Crippen LogP contribution < -0.4 is 10.6 Å². The molecule has 2 rings (SSSR count). The third-order valence-corrected chi connectivity index (χ3v) is 3.62. The van der Waals surface area contributed by atoms with Crippen LogP contribution >= 0.6 is 0 Å². The molecule has 2 N–H and O–H groups in total. The summed E-state index contributed by atoms with van der Waals surface area (Å²) in [6.07, 6.45) is 2.28. The monoisotopic (exact) mass is 286 g/mol. The average Bonchev–Trinajstić information content (AvgIpc) is 2.39. The van der Waals surface area contributed by atoms with Gasteiger partial charge in [-0.05, 0) is 25.3 Å². The molecule has 0 radical (unpaired) electrons. The highest BCUT2D eigenvalue weighted by Gasteiger charge is 2.23. The minimum absolute atomic E-state index is 0.0251. The molecule has 1 aromatic rings. The average molecular weight is 286 g/mol. The fraction of sp³-hybridized carbons (Fsp3) is 0.500. The molecule has 2 unspecified atom stereocenters. The van der Waals surface area contributed by atoms with Crippen LogP contribution in [0.2, 0.25) is 0 Å². The molecule has 0 saturated carbocycles. The molecule has 1 aromatic carbocycles. The molecule has 1 heterocycles. The number of hydrogen-bond donors (Lipinski definition) is 2. The quantitative estimate of drug-likeness (QED) is 0.839. The molecule has 1 aliphatic rings. The van der Waals surface area contributed by atoms with Gasteiger partial charge in [-0.2, -0.15) is 0 Å². The van der Waals surface area contributed by atoms with Gasteiger partial charge in [-0.25, -0.2) is 13.2 Å². The Morgan fingerprint density at radius 2 is 2.00 bits per heavy atom. The summed E-state index contributed by atoms with van der Waals surface area (Å²) in [5.74, 6) is -3.51. The molecule has 3 nitrogen and oxygen atoms in total. The molecule has 110 valence electrons. The summed E-state index contributed by atoms with van der Waals surface area (Å²) in [5.41, 5.74) is -0.336. The van der Waals surface area contributed by atoms with Crippen molar-refractivity contribution in [3.63, 3.8) is 0 Å². The standard InChI is InChI=1S/C14H17F3N2O/c1-8-3-2-4-18-12(8)7-14(20)19-13-6-10(16)9(15)5-11(13)17/h5-6,8,12,18H,2-4,7H2,1H3,(H,19,20). The molecule has 1 saturated heterocycles. The third-order valence-electron chi connectivity index (χ3n) is 3.62. The molecule has 0 spiro atoms. The van der Waals surface area contributed by atoms with E-state index in [1.165, 1.54) is 0 Å². The van der Waals surface area contributed by atoms with Crippen molar-refractivity contribution in [2.45, 2.75) is 32.2 Å². The van der Waals surface area contributed by atoms with Gasteiger partial charge in [0.05, 0.1) is 5.69 Å². The number of carbonyl (C=O) groups excluding carboxylic acids is 1. The Labute approximate surface area is 115 Å². The summed E-state index contributed by atoms with van der Waals surface area (Å²) >= 11 is 0. The molecular formula is C14H17F3N2O. The van der Waals surface area contributed by atoms with Crippen molar-refractivity contribution in [1.29, 1.82) is 0 Å². The topological polar surface area (TPSA) is 41.1 Å².